The highest BCUT2D eigenvalue weighted by Gasteiger charge is 2.18. The van der Waals surface area contributed by atoms with Crippen LogP contribution >= 0.6 is 0 Å². The minimum Gasteiger partial charge on any atom is -0.326 e. The average Bonchev–Trinajstić information content (AvgIpc) is 2.59. The molecule has 0 unspecified atom stereocenters. The molecule has 0 saturated heterocycles. The number of hydrogen-bond donors (Lipinski definition) is 1. The summed E-state index contributed by atoms with van der Waals surface area (Å²) < 4.78 is 0. The van der Waals surface area contributed by atoms with Gasteiger partial charge in [0.1, 0.15) is 0 Å². The van der Waals surface area contributed by atoms with Crippen molar-refractivity contribution in [1.82, 2.24) is 4.90 Å². The number of benzene rings is 1. The van der Waals surface area contributed by atoms with Crippen molar-refractivity contribution < 1.29 is 4.79 Å². The number of carbonyl (C=O) groups excluding carboxylic acids is 1. The van der Waals surface area contributed by atoms with Crippen molar-refractivity contribution in [2.75, 3.05) is 12.4 Å². The van der Waals surface area contributed by atoms with E-state index >= 15 is 0 Å². The van der Waals surface area contributed by atoms with E-state index in [2.05, 4.69) is 23.3 Å². The summed E-state index contributed by atoms with van der Waals surface area (Å²) in [4.78, 5) is 13.6. The third-order valence-electron chi connectivity index (χ3n) is 2.74. The number of hydrogen-bond acceptors (Lipinski definition) is 2. The van der Waals surface area contributed by atoms with Gasteiger partial charge in [0.05, 0.1) is 0 Å². The zero-order valence-electron chi connectivity index (χ0n) is 9.21. The number of amides is 1. The Hall–Kier alpha value is -1.35. The molecule has 80 valence electrons. The first kappa shape index (κ1) is 10.2. The number of nitrogens with one attached hydrogen (secondary N) is 1. The van der Waals surface area contributed by atoms with Gasteiger partial charge in [-0.25, -0.2) is 0 Å². The van der Waals surface area contributed by atoms with E-state index < -0.39 is 0 Å². The second-order valence-electron chi connectivity index (χ2n) is 4.02. The Morgan fingerprint density at radius 3 is 3.00 bits per heavy atom. The Morgan fingerprint density at radius 1 is 1.47 bits per heavy atom. The summed E-state index contributed by atoms with van der Waals surface area (Å²) in [5.74, 6) is 0.0814. The Morgan fingerprint density at radius 2 is 2.27 bits per heavy atom. The lowest BCUT2D eigenvalue weighted by Gasteiger charge is -2.09. The van der Waals surface area contributed by atoms with E-state index in [9.17, 15) is 4.79 Å². The number of carbonyl (C=O) groups is 1. The number of nitrogens with zero attached hydrogens (tertiary/aromatic N) is 1. The normalized spacial score (nSPS) is 15.1. The second kappa shape index (κ2) is 4.03. The summed E-state index contributed by atoms with van der Waals surface area (Å²) in [6, 6.07) is 6.11. The lowest BCUT2D eigenvalue weighted by atomic mass is 10.1. The van der Waals surface area contributed by atoms with E-state index in [0.717, 1.165) is 18.8 Å². The number of rotatable bonds is 2. The lowest BCUT2D eigenvalue weighted by Crippen LogP contribution is -2.12. The summed E-state index contributed by atoms with van der Waals surface area (Å²) >= 11 is 0. The van der Waals surface area contributed by atoms with Crippen LogP contribution in [0.15, 0.2) is 18.2 Å². The Balaban J connectivity index is 2.26. The predicted molar refractivity (Wildman–Crippen MR) is 60.5 cm³/mol. The quantitative estimate of drug-likeness (QED) is 0.799. The SMILES string of the molecule is CCC(=O)Nc1cccc2c1CN(C)C2. The van der Waals surface area contributed by atoms with Crippen LogP contribution in [0.25, 0.3) is 0 Å². The minimum absolute atomic E-state index is 0.0814. The fourth-order valence-corrected chi connectivity index (χ4v) is 1.94. The molecule has 0 atom stereocenters. The second-order valence-corrected chi connectivity index (χ2v) is 4.02. The Labute approximate surface area is 90.1 Å². The molecule has 0 bridgehead atoms. The van der Waals surface area contributed by atoms with E-state index in [0.29, 0.717) is 6.42 Å². The van der Waals surface area contributed by atoms with Crippen LogP contribution < -0.4 is 5.32 Å². The van der Waals surface area contributed by atoms with E-state index in [4.69, 9.17) is 0 Å². The third-order valence-corrected chi connectivity index (χ3v) is 2.74. The summed E-state index contributed by atoms with van der Waals surface area (Å²) in [5.41, 5.74) is 3.57. The van der Waals surface area contributed by atoms with Gasteiger partial charge in [0.15, 0.2) is 0 Å². The zero-order valence-corrected chi connectivity index (χ0v) is 9.21. The van der Waals surface area contributed by atoms with Gasteiger partial charge in [-0.1, -0.05) is 19.1 Å². The molecule has 0 spiro atoms. The maximum absolute atomic E-state index is 11.3. The van der Waals surface area contributed by atoms with Crippen LogP contribution in [0.1, 0.15) is 24.5 Å². The molecule has 1 amide bonds. The van der Waals surface area contributed by atoms with Gasteiger partial charge in [0.2, 0.25) is 5.91 Å². The molecule has 0 radical (unpaired) electrons. The van der Waals surface area contributed by atoms with Crippen molar-refractivity contribution in [3.63, 3.8) is 0 Å². The van der Waals surface area contributed by atoms with Gasteiger partial charge in [-0.2, -0.15) is 0 Å². The van der Waals surface area contributed by atoms with Gasteiger partial charge in [-0.05, 0) is 24.2 Å². The van der Waals surface area contributed by atoms with Gasteiger partial charge in [0.25, 0.3) is 0 Å². The van der Waals surface area contributed by atoms with Gasteiger partial charge < -0.3 is 5.32 Å². The highest BCUT2D eigenvalue weighted by atomic mass is 16.1. The highest BCUT2D eigenvalue weighted by molar-refractivity contribution is 5.91. The standard InChI is InChI=1S/C12H16N2O/c1-3-12(15)13-11-6-4-5-9-7-14(2)8-10(9)11/h4-6H,3,7-8H2,1-2H3,(H,13,15). The van der Waals surface area contributed by atoms with Crippen LogP contribution in [0, 0.1) is 0 Å². The van der Waals surface area contributed by atoms with E-state index in [-0.39, 0.29) is 5.91 Å². The Bertz CT molecular complexity index is 387. The molecule has 2 rings (SSSR count). The summed E-state index contributed by atoms with van der Waals surface area (Å²) in [6.45, 7) is 3.77. The van der Waals surface area contributed by atoms with Gasteiger partial charge in [0, 0.05) is 25.2 Å². The molecule has 1 aliphatic heterocycles. The minimum atomic E-state index is 0.0814. The van der Waals surface area contributed by atoms with Gasteiger partial charge in [-0.15, -0.1) is 0 Å². The van der Waals surface area contributed by atoms with Gasteiger partial charge >= 0.3 is 0 Å². The molecule has 0 aromatic heterocycles. The third kappa shape index (κ3) is 2.02. The topological polar surface area (TPSA) is 32.3 Å². The predicted octanol–water partition coefficient (Wildman–Crippen LogP) is 1.98. The molecular formula is C12H16N2O. The molecule has 3 heteroatoms. The highest BCUT2D eigenvalue weighted by Crippen LogP contribution is 2.28. The van der Waals surface area contributed by atoms with Crippen LogP contribution in [0.3, 0.4) is 0 Å². The van der Waals surface area contributed by atoms with Crippen molar-refractivity contribution in [1.29, 1.82) is 0 Å². The fourth-order valence-electron chi connectivity index (χ4n) is 1.94. The fraction of sp³-hybridized carbons (Fsp3) is 0.417. The molecule has 1 aromatic rings. The monoisotopic (exact) mass is 204 g/mol. The van der Waals surface area contributed by atoms with E-state index in [1.807, 2.05) is 19.1 Å². The Kier molecular flexibility index (Phi) is 2.73. The van der Waals surface area contributed by atoms with Crippen LogP contribution in [0.4, 0.5) is 5.69 Å². The van der Waals surface area contributed by atoms with Crippen LogP contribution in [-0.4, -0.2) is 17.9 Å². The van der Waals surface area contributed by atoms with Crippen molar-refractivity contribution >= 4 is 11.6 Å². The molecule has 0 fully saturated rings. The van der Waals surface area contributed by atoms with Crippen molar-refractivity contribution in [2.45, 2.75) is 26.4 Å². The molecule has 15 heavy (non-hydrogen) atoms. The molecule has 1 heterocycles. The average molecular weight is 204 g/mol. The molecule has 1 aromatic carbocycles. The number of anilines is 1. The van der Waals surface area contributed by atoms with Crippen LogP contribution in [0.2, 0.25) is 0 Å². The molecule has 3 nitrogen and oxygen atoms in total. The zero-order chi connectivity index (χ0) is 10.8. The maximum Gasteiger partial charge on any atom is 0.224 e. The smallest absolute Gasteiger partial charge is 0.224 e. The number of fused-ring (bicyclic) bond motifs is 1. The van der Waals surface area contributed by atoms with Crippen LogP contribution in [-0.2, 0) is 17.9 Å². The molecule has 1 aliphatic rings. The largest absolute Gasteiger partial charge is 0.326 e. The maximum atomic E-state index is 11.3. The van der Waals surface area contributed by atoms with Crippen LogP contribution in [0.5, 0.6) is 0 Å². The molecular weight excluding hydrogens is 188 g/mol. The summed E-state index contributed by atoms with van der Waals surface area (Å²) in [6.07, 6.45) is 0.527. The summed E-state index contributed by atoms with van der Waals surface area (Å²) in [7, 11) is 2.09. The molecule has 1 N–H and O–H groups in total. The van der Waals surface area contributed by atoms with Crippen molar-refractivity contribution in [3.05, 3.63) is 29.3 Å². The summed E-state index contributed by atoms with van der Waals surface area (Å²) in [5, 5.41) is 2.95. The van der Waals surface area contributed by atoms with Crippen molar-refractivity contribution in [3.8, 4) is 0 Å². The first-order chi connectivity index (χ1) is 7.20. The first-order valence-corrected chi connectivity index (χ1v) is 5.30. The van der Waals surface area contributed by atoms with E-state index in [1.54, 1.807) is 0 Å². The lowest BCUT2D eigenvalue weighted by molar-refractivity contribution is -0.115. The molecule has 0 saturated carbocycles. The van der Waals surface area contributed by atoms with Gasteiger partial charge in [-0.3, -0.25) is 9.69 Å². The van der Waals surface area contributed by atoms with Crippen molar-refractivity contribution in [2.24, 2.45) is 0 Å². The molecule has 0 aliphatic carbocycles. The van der Waals surface area contributed by atoms with E-state index in [1.165, 1.54) is 11.1 Å². The first-order valence-electron chi connectivity index (χ1n) is 5.30.